The van der Waals surface area contributed by atoms with E-state index >= 15 is 0 Å². The van der Waals surface area contributed by atoms with Gasteiger partial charge in [0.2, 0.25) is 5.91 Å². The maximum absolute atomic E-state index is 11.7. The van der Waals surface area contributed by atoms with Gasteiger partial charge >= 0.3 is 0 Å². The number of rotatable bonds is 4. The van der Waals surface area contributed by atoms with Crippen LogP contribution in [0, 0.1) is 0 Å². The van der Waals surface area contributed by atoms with Gasteiger partial charge in [0.05, 0.1) is 6.04 Å². The molecule has 104 valence electrons. The summed E-state index contributed by atoms with van der Waals surface area (Å²) in [5, 5.41) is 10.0. The molecule has 2 fully saturated rings. The molecule has 0 aliphatic carbocycles. The molecule has 3 N–H and O–H groups in total. The lowest BCUT2D eigenvalue weighted by atomic mass is 10.0. The molecule has 0 radical (unpaired) electrons. The van der Waals surface area contributed by atoms with Crippen molar-refractivity contribution < 1.29 is 4.79 Å². The molecule has 18 heavy (non-hydrogen) atoms. The van der Waals surface area contributed by atoms with Gasteiger partial charge in [-0.25, -0.2) is 0 Å². The van der Waals surface area contributed by atoms with Gasteiger partial charge in [-0.05, 0) is 45.6 Å². The van der Waals surface area contributed by atoms with E-state index in [1.807, 2.05) is 0 Å². The maximum atomic E-state index is 11.7. The van der Waals surface area contributed by atoms with Gasteiger partial charge in [-0.3, -0.25) is 4.79 Å². The van der Waals surface area contributed by atoms with Crippen molar-refractivity contribution in [3.8, 4) is 0 Å². The Labute approximate surface area is 110 Å². The highest BCUT2D eigenvalue weighted by Crippen LogP contribution is 2.13. The molecule has 4 nitrogen and oxygen atoms in total. The van der Waals surface area contributed by atoms with E-state index in [0.29, 0.717) is 12.1 Å². The van der Waals surface area contributed by atoms with Gasteiger partial charge in [0.1, 0.15) is 0 Å². The average molecular weight is 253 g/mol. The van der Waals surface area contributed by atoms with E-state index in [1.54, 1.807) is 0 Å². The number of carbonyl (C=O) groups excluding carboxylic acids is 1. The topological polar surface area (TPSA) is 53.2 Å². The lowest BCUT2D eigenvalue weighted by Gasteiger charge is -2.28. The summed E-state index contributed by atoms with van der Waals surface area (Å²) in [4.78, 5) is 11.7. The standard InChI is InChI=1S/C14H27N3O/c1-11(10-12-6-3-2-4-8-15-12)17-13-7-5-9-16-14(13)18/h11-13,15,17H,2-10H2,1H3,(H,16,18). The van der Waals surface area contributed by atoms with E-state index in [4.69, 9.17) is 0 Å². The fourth-order valence-corrected chi connectivity index (χ4v) is 3.07. The Kier molecular flexibility index (Phi) is 5.45. The molecule has 2 rings (SSSR count). The lowest BCUT2D eigenvalue weighted by Crippen LogP contribution is -2.51. The van der Waals surface area contributed by atoms with E-state index < -0.39 is 0 Å². The summed E-state index contributed by atoms with van der Waals surface area (Å²) in [5.41, 5.74) is 0. The number of hydrogen-bond acceptors (Lipinski definition) is 3. The van der Waals surface area contributed by atoms with Crippen molar-refractivity contribution in [1.82, 2.24) is 16.0 Å². The van der Waals surface area contributed by atoms with E-state index in [-0.39, 0.29) is 11.9 Å². The van der Waals surface area contributed by atoms with Crippen molar-refractivity contribution in [3.05, 3.63) is 0 Å². The Morgan fingerprint density at radius 2 is 2.11 bits per heavy atom. The van der Waals surface area contributed by atoms with Crippen LogP contribution in [-0.4, -0.2) is 37.1 Å². The van der Waals surface area contributed by atoms with Crippen LogP contribution in [0.3, 0.4) is 0 Å². The second-order valence-electron chi connectivity index (χ2n) is 5.79. The van der Waals surface area contributed by atoms with Gasteiger partial charge in [-0.1, -0.05) is 12.8 Å². The van der Waals surface area contributed by atoms with E-state index in [1.165, 1.54) is 25.7 Å². The molecule has 0 aromatic heterocycles. The molecule has 2 heterocycles. The number of nitrogens with one attached hydrogen (secondary N) is 3. The zero-order valence-electron chi connectivity index (χ0n) is 11.5. The molecule has 3 unspecified atom stereocenters. The molecule has 0 aromatic carbocycles. The summed E-state index contributed by atoms with van der Waals surface area (Å²) >= 11 is 0. The highest BCUT2D eigenvalue weighted by Gasteiger charge is 2.24. The van der Waals surface area contributed by atoms with Crippen LogP contribution in [0.4, 0.5) is 0 Å². The second kappa shape index (κ2) is 7.10. The lowest BCUT2D eigenvalue weighted by molar-refractivity contribution is -0.124. The Balaban J connectivity index is 1.73. The van der Waals surface area contributed by atoms with Gasteiger partial charge in [-0.15, -0.1) is 0 Å². The molecule has 1 amide bonds. The SMILES string of the molecule is CC(CC1CCCCCN1)NC1CCCNC1=O. The largest absolute Gasteiger partial charge is 0.355 e. The van der Waals surface area contributed by atoms with Crippen molar-refractivity contribution >= 4 is 5.91 Å². The van der Waals surface area contributed by atoms with Crippen LogP contribution in [0.5, 0.6) is 0 Å². The quantitative estimate of drug-likeness (QED) is 0.705. The third-order valence-electron chi connectivity index (χ3n) is 4.07. The Morgan fingerprint density at radius 3 is 2.94 bits per heavy atom. The van der Waals surface area contributed by atoms with Crippen molar-refractivity contribution in [2.75, 3.05) is 13.1 Å². The van der Waals surface area contributed by atoms with E-state index in [2.05, 4.69) is 22.9 Å². The minimum Gasteiger partial charge on any atom is -0.355 e. The van der Waals surface area contributed by atoms with Crippen LogP contribution in [0.2, 0.25) is 0 Å². The summed E-state index contributed by atoms with van der Waals surface area (Å²) in [6.07, 6.45) is 8.49. The highest BCUT2D eigenvalue weighted by atomic mass is 16.2. The molecule has 0 aromatic rings. The Hall–Kier alpha value is -0.610. The Morgan fingerprint density at radius 1 is 1.22 bits per heavy atom. The molecule has 2 aliphatic rings. The number of amides is 1. The summed E-state index contributed by atoms with van der Waals surface area (Å²) in [6.45, 7) is 4.20. The van der Waals surface area contributed by atoms with Gasteiger partial charge in [0.15, 0.2) is 0 Å². The summed E-state index contributed by atoms with van der Waals surface area (Å²) in [6, 6.07) is 1.07. The third kappa shape index (κ3) is 4.25. The molecule has 4 heteroatoms. The molecular weight excluding hydrogens is 226 g/mol. The zero-order valence-corrected chi connectivity index (χ0v) is 11.5. The van der Waals surface area contributed by atoms with E-state index in [0.717, 1.165) is 32.4 Å². The molecule has 2 saturated heterocycles. The molecule has 3 atom stereocenters. The fraction of sp³-hybridized carbons (Fsp3) is 0.929. The van der Waals surface area contributed by atoms with Gasteiger partial charge < -0.3 is 16.0 Å². The molecule has 2 aliphatic heterocycles. The first-order chi connectivity index (χ1) is 8.75. The predicted molar refractivity (Wildman–Crippen MR) is 73.5 cm³/mol. The van der Waals surface area contributed by atoms with Gasteiger partial charge in [0, 0.05) is 18.6 Å². The Bertz CT molecular complexity index is 262. The van der Waals surface area contributed by atoms with Crippen LogP contribution in [-0.2, 0) is 4.79 Å². The van der Waals surface area contributed by atoms with E-state index in [9.17, 15) is 4.79 Å². The van der Waals surface area contributed by atoms with Gasteiger partial charge in [-0.2, -0.15) is 0 Å². The minimum absolute atomic E-state index is 0.0273. The predicted octanol–water partition coefficient (Wildman–Crippen LogP) is 1.17. The minimum atomic E-state index is 0.0273. The third-order valence-corrected chi connectivity index (χ3v) is 4.07. The number of hydrogen-bond donors (Lipinski definition) is 3. The molecule has 0 saturated carbocycles. The molecule has 0 spiro atoms. The van der Waals surface area contributed by atoms with Crippen molar-refractivity contribution in [1.29, 1.82) is 0 Å². The van der Waals surface area contributed by atoms with Crippen LogP contribution < -0.4 is 16.0 Å². The van der Waals surface area contributed by atoms with Crippen molar-refractivity contribution in [2.45, 2.75) is 70.0 Å². The van der Waals surface area contributed by atoms with Gasteiger partial charge in [0.25, 0.3) is 0 Å². The van der Waals surface area contributed by atoms with Crippen LogP contribution in [0.1, 0.15) is 51.9 Å². The first-order valence-electron chi connectivity index (χ1n) is 7.53. The second-order valence-corrected chi connectivity index (χ2v) is 5.79. The summed E-state index contributed by atoms with van der Waals surface area (Å²) < 4.78 is 0. The molecular formula is C14H27N3O. The van der Waals surface area contributed by atoms with Crippen LogP contribution in [0.25, 0.3) is 0 Å². The fourth-order valence-electron chi connectivity index (χ4n) is 3.07. The van der Waals surface area contributed by atoms with Crippen molar-refractivity contribution in [2.24, 2.45) is 0 Å². The molecule has 0 bridgehead atoms. The van der Waals surface area contributed by atoms with Crippen LogP contribution >= 0.6 is 0 Å². The first-order valence-corrected chi connectivity index (χ1v) is 7.53. The normalized spacial score (nSPS) is 31.5. The highest BCUT2D eigenvalue weighted by molar-refractivity contribution is 5.82. The van der Waals surface area contributed by atoms with Crippen molar-refractivity contribution in [3.63, 3.8) is 0 Å². The monoisotopic (exact) mass is 253 g/mol. The number of carbonyl (C=O) groups is 1. The maximum Gasteiger partial charge on any atom is 0.237 e. The first kappa shape index (κ1) is 13.8. The average Bonchev–Trinajstić information content (AvgIpc) is 2.61. The zero-order chi connectivity index (χ0) is 12.8. The number of piperidine rings is 1. The summed E-state index contributed by atoms with van der Waals surface area (Å²) in [5.74, 6) is 0.182. The van der Waals surface area contributed by atoms with Crippen LogP contribution in [0.15, 0.2) is 0 Å². The summed E-state index contributed by atoms with van der Waals surface area (Å²) in [7, 11) is 0. The smallest absolute Gasteiger partial charge is 0.237 e.